The maximum atomic E-state index is 13.8. The summed E-state index contributed by atoms with van der Waals surface area (Å²) in [5.74, 6) is -0.243. The predicted molar refractivity (Wildman–Crippen MR) is 149 cm³/mol. The van der Waals surface area contributed by atoms with Crippen LogP contribution < -0.4 is 4.90 Å². The summed E-state index contributed by atoms with van der Waals surface area (Å²) in [4.78, 5) is 20.3. The van der Waals surface area contributed by atoms with Gasteiger partial charge in [-0.15, -0.1) is 0 Å². The normalized spacial score (nSPS) is 16.0. The van der Waals surface area contributed by atoms with E-state index in [0.717, 1.165) is 28.6 Å². The Morgan fingerprint density at radius 2 is 1.74 bits per heavy atom. The summed E-state index contributed by atoms with van der Waals surface area (Å²) in [7, 11) is -0.736. The number of fused-ring (bicyclic) bond motifs is 1. The summed E-state index contributed by atoms with van der Waals surface area (Å²) >= 11 is 1.47. The molecule has 38 heavy (non-hydrogen) atoms. The number of nitrogens with zero attached hydrogens (tertiary/aromatic N) is 3. The molecule has 1 aliphatic heterocycles. The Morgan fingerprint density at radius 3 is 2.34 bits per heavy atom. The van der Waals surface area contributed by atoms with Gasteiger partial charge in [-0.2, -0.15) is 4.31 Å². The molecule has 4 rings (SSSR count). The molecule has 1 aliphatic rings. The number of carbonyl (C=O) groups is 1. The van der Waals surface area contributed by atoms with Gasteiger partial charge in [0.05, 0.1) is 41.0 Å². The number of rotatable bonds is 12. The summed E-state index contributed by atoms with van der Waals surface area (Å²) in [5.41, 5.74) is 3.56. The van der Waals surface area contributed by atoms with E-state index < -0.39 is 10.0 Å². The molecule has 0 bridgehead atoms. The van der Waals surface area contributed by atoms with Crippen LogP contribution in [0.2, 0.25) is 0 Å². The number of benzene rings is 2. The fourth-order valence-electron chi connectivity index (χ4n) is 4.34. The lowest BCUT2D eigenvalue weighted by molar-refractivity contribution is 0.0917. The van der Waals surface area contributed by atoms with Gasteiger partial charge in [0.1, 0.15) is 0 Å². The van der Waals surface area contributed by atoms with Crippen molar-refractivity contribution in [3.05, 3.63) is 53.1 Å². The van der Waals surface area contributed by atoms with Gasteiger partial charge in [0.15, 0.2) is 5.13 Å². The van der Waals surface area contributed by atoms with Crippen molar-refractivity contribution in [1.82, 2.24) is 9.29 Å². The summed E-state index contributed by atoms with van der Waals surface area (Å²) in [6.07, 6.45) is 1.77. The number of aryl methyl sites for hydroxylation is 2. The third kappa shape index (κ3) is 6.41. The second-order valence-electron chi connectivity index (χ2n) is 9.37. The minimum absolute atomic E-state index is 0.0655. The molecule has 0 saturated carbocycles. The van der Waals surface area contributed by atoms with E-state index in [9.17, 15) is 13.2 Å². The fraction of sp³-hybridized carbons (Fsp3) is 0.481. The van der Waals surface area contributed by atoms with Gasteiger partial charge in [0.2, 0.25) is 10.0 Å². The largest absolute Gasteiger partial charge is 0.383 e. The average Bonchev–Trinajstić information content (AvgIpc) is 3.57. The van der Waals surface area contributed by atoms with Crippen LogP contribution in [-0.2, 0) is 24.2 Å². The van der Waals surface area contributed by atoms with Gasteiger partial charge in [-0.1, -0.05) is 11.3 Å². The van der Waals surface area contributed by atoms with Crippen molar-refractivity contribution < 1.29 is 27.4 Å². The number of amides is 1. The topological polar surface area (TPSA) is 98.3 Å². The van der Waals surface area contributed by atoms with E-state index in [4.69, 9.17) is 19.2 Å². The monoisotopic (exact) mass is 561 g/mol. The van der Waals surface area contributed by atoms with Crippen LogP contribution in [0.15, 0.2) is 41.3 Å². The highest BCUT2D eigenvalue weighted by Gasteiger charge is 2.29. The predicted octanol–water partition coefficient (Wildman–Crippen LogP) is 4.02. The summed E-state index contributed by atoms with van der Waals surface area (Å²) in [6, 6.07) is 10.2. The Labute approximate surface area is 228 Å². The molecule has 11 heteroatoms. The molecule has 1 fully saturated rings. The summed E-state index contributed by atoms with van der Waals surface area (Å²) in [5, 5.41) is 0.604. The maximum absolute atomic E-state index is 13.8. The Kier molecular flexibility index (Phi) is 9.50. The number of sulfonamides is 1. The zero-order valence-corrected chi connectivity index (χ0v) is 23.9. The molecule has 0 radical (unpaired) electrons. The first-order chi connectivity index (χ1) is 18.2. The van der Waals surface area contributed by atoms with Crippen LogP contribution in [0.4, 0.5) is 5.13 Å². The van der Waals surface area contributed by atoms with E-state index in [1.165, 1.54) is 47.6 Å². The lowest BCUT2D eigenvalue weighted by atomic mass is 10.1. The van der Waals surface area contributed by atoms with Crippen molar-refractivity contribution in [2.24, 2.45) is 0 Å². The molecule has 1 aromatic heterocycles. The minimum atomic E-state index is -3.79. The Balaban J connectivity index is 1.62. The van der Waals surface area contributed by atoms with Gasteiger partial charge in [0, 0.05) is 39.5 Å². The molecule has 0 spiro atoms. The fourth-order valence-corrected chi connectivity index (χ4v) is 6.80. The van der Waals surface area contributed by atoms with Gasteiger partial charge in [-0.05, 0) is 74.2 Å². The number of anilines is 1. The zero-order valence-electron chi connectivity index (χ0n) is 22.3. The van der Waals surface area contributed by atoms with Crippen molar-refractivity contribution >= 4 is 42.6 Å². The zero-order chi connectivity index (χ0) is 27.3. The molecule has 1 unspecified atom stereocenters. The highest BCUT2D eigenvalue weighted by atomic mass is 32.2. The first kappa shape index (κ1) is 28.6. The van der Waals surface area contributed by atoms with E-state index in [1.807, 2.05) is 13.0 Å². The number of aromatic nitrogens is 1. The number of hydrogen-bond acceptors (Lipinski definition) is 8. The van der Waals surface area contributed by atoms with Gasteiger partial charge >= 0.3 is 0 Å². The van der Waals surface area contributed by atoms with Crippen LogP contribution in [0.25, 0.3) is 10.2 Å². The highest BCUT2D eigenvalue weighted by molar-refractivity contribution is 7.89. The molecule has 206 valence electrons. The van der Waals surface area contributed by atoms with Gasteiger partial charge in [0.25, 0.3) is 5.91 Å². The van der Waals surface area contributed by atoms with Crippen LogP contribution in [-0.4, -0.2) is 83.4 Å². The molecule has 0 N–H and O–H groups in total. The van der Waals surface area contributed by atoms with Gasteiger partial charge in [-0.25, -0.2) is 13.4 Å². The third-order valence-electron chi connectivity index (χ3n) is 6.71. The standard InChI is InChI=1S/C27H35N3O6S2/c1-19-16-24-25(17-20(19)2)37-27(28-24)30(18-22-6-5-13-36-22)26(31)21-7-9-23(10-8-21)38(32,33)29(11-14-34-3)12-15-35-4/h7-10,16-17,22H,5-6,11-15,18H2,1-4H3. The molecule has 1 amide bonds. The first-order valence-electron chi connectivity index (χ1n) is 12.6. The SMILES string of the molecule is COCCN(CCOC)S(=O)(=O)c1ccc(C(=O)N(CC2CCCO2)c2nc3cc(C)c(C)cc3s2)cc1. The number of hydrogen-bond donors (Lipinski definition) is 0. The molecule has 3 aromatic rings. The van der Waals surface area contributed by atoms with Crippen LogP contribution >= 0.6 is 11.3 Å². The van der Waals surface area contributed by atoms with Gasteiger partial charge < -0.3 is 14.2 Å². The van der Waals surface area contributed by atoms with Crippen molar-refractivity contribution in [3.63, 3.8) is 0 Å². The molecule has 2 heterocycles. The molecule has 1 saturated heterocycles. The Morgan fingerprint density at radius 1 is 1.08 bits per heavy atom. The number of thiazole rings is 1. The van der Waals surface area contributed by atoms with Gasteiger partial charge in [-0.3, -0.25) is 9.69 Å². The first-order valence-corrected chi connectivity index (χ1v) is 14.9. The smallest absolute Gasteiger partial charge is 0.260 e. The quantitative estimate of drug-likeness (QED) is 0.329. The molecular formula is C27H35N3O6S2. The Hall–Kier alpha value is -2.41. The number of carbonyl (C=O) groups excluding carboxylic acids is 1. The van der Waals surface area contributed by atoms with Crippen molar-refractivity contribution in [3.8, 4) is 0 Å². The van der Waals surface area contributed by atoms with E-state index in [0.29, 0.717) is 23.8 Å². The summed E-state index contributed by atoms with van der Waals surface area (Å²) in [6.45, 7) is 6.11. The lowest BCUT2D eigenvalue weighted by Crippen LogP contribution is -2.38. The van der Waals surface area contributed by atoms with E-state index in [2.05, 4.69) is 13.0 Å². The highest BCUT2D eigenvalue weighted by Crippen LogP contribution is 2.32. The number of methoxy groups -OCH3 is 2. The van der Waals surface area contributed by atoms with Crippen molar-refractivity contribution in [2.45, 2.75) is 37.7 Å². The molecular weight excluding hydrogens is 526 g/mol. The lowest BCUT2D eigenvalue weighted by Gasteiger charge is -2.24. The van der Waals surface area contributed by atoms with Crippen molar-refractivity contribution in [2.75, 3.05) is 58.6 Å². The molecule has 0 aliphatic carbocycles. The second kappa shape index (κ2) is 12.6. The van der Waals surface area contributed by atoms with Crippen molar-refractivity contribution in [1.29, 1.82) is 0 Å². The maximum Gasteiger partial charge on any atom is 0.260 e. The van der Waals surface area contributed by atoms with E-state index in [-0.39, 0.29) is 43.2 Å². The number of ether oxygens (including phenoxy) is 3. The Bertz CT molecular complexity index is 1300. The second-order valence-corrected chi connectivity index (χ2v) is 12.3. The van der Waals surface area contributed by atoms with E-state index in [1.54, 1.807) is 17.0 Å². The van der Waals surface area contributed by atoms with Crippen LogP contribution in [0.1, 0.15) is 34.3 Å². The molecule has 1 atom stereocenters. The average molecular weight is 562 g/mol. The van der Waals surface area contributed by atoms with Crippen LogP contribution in [0.3, 0.4) is 0 Å². The van der Waals surface area contributed by atoms with E-state index >= 15 is 0 Å². The minimum Gasteiger partial charge on any atom is -0.383 e. The molecule has 9 nitrogen and oxygen atoms in total. The summed E-state index contributed by atoms with van der Waals surface area (Å²) < 4.78 is 44.9. The van der Waals surface area contributed by atoms with Crippen LogP contribution in [0, 0.1) is 13.8 Å². The third-order valence-corrected chi connectivity index (χ3v) is 9.66. The van der Waals surface area contributed by atoms with Crippen LogP contribution in [0.5, 0.6) is 0 Å². The molecule has 2 aromatic carbocycles.